The molecule has 9 heteroatoms. The largest absolute Gasteiger partial charge is 0.456 e. The molecule has 1 spiro atoms. The van der Waals surface area contributed by atoms with Crippen LogP contribution in [0.4, 0.5) is 0 Å². The quantitative estimate of drug-likeness (QED) is 0.600. The van der Waals surface area contributed by atoms with Gasteiger partial charge in [0.15, 0.2) is 6.19 Å². The molecule has 1 aromatic heterocycles. The lowest BCUT2D eigenvalue weighted by Crippen LogP contribution is -2.51. The summed E-state index contributed by atoms with van der Waals surface area (Å²) in [6, 6.07) is 8.02. The first-order valence-electron chi connectivity index (χ1n) is 9.94. The van der Waals surface area contributed by atoms with Crippen LogP contribution >= 0.6 is 11.6 Å². The summed E-state index contributed by atoms with van der Waals surface area (Å²) in [6.07, 6.45) is 5.72. The van der Waals surface area contributed by atoms with Gasteiger partial charge in [-0.2, -0.15) is 10.4 Å². The summed E-state index contributed by atoms with van der Waals surface area (Å²) in [5.41, 5.74) is 2.38. The predicted molar refractivity (Wildman–Crippen MR) is 110 cm³/mol. The Labute approximate surface area is 179 Å². The van der Waals surface area contributed by atoms with Crippen molar-refractivity contribution >= 4 is 23.5 Å². The molecule has 1 aromatic carbocycles. The number of carbonyl (C=O) groups excluding carboxylic acids is 1. The molecule has 1 atom stereocenters. The molecule has 1 aliphatic carbocycles. The highest BCUT2D eigenvalue weighted by atomic mass is 35.5. The molecule has 0 bridgehead atoms. The van der Waals surface area contributed by atoms with E-state index < -0.39 is 0 Å². The molecule has 2 aromatic rings. The second kappa shape index (κ2) is 7.03. The molecule has 1 N–H and O–H groups in total. The second-order valence-electron chi connectivity index (χ2n) is 8.25. The number of nitrogens with zero attached hydrogens (tertiary/aromatic N) is 5. The fraction of sp³-hybridized carbons (Fsp3) is 0.429. The van der Waals surface area contributed by atoms with Crippen LogP contribution in [0.3, 0.4) is 0 Å². The topological polar surface area (TPSA) is 95.5 Å². The van der Waals surface area contributed by atoms with Crippen molar-refractivity contribution in [2.45, 2.75) is 30.9 Å². The number of hydrogen-bond donors (Lipinski definition) is 1. The summed E-state index contributed by atoms with van der Waals surface area (Å²) in [4.78, 5) is 19.4. The van der Waals surface area contributed by atoms with Crippen molar-refractivity contribution in [1.82, 2.24) is 20.0 Å². The molecule has 1 amide bonds. The number of aryl methyl sites for hydroxylation is 1. The van der Waals surface area contributed by atoms with E-state index in [0.29, 0.717) is 36.5 Å². The fourth-order valence-corrected chi connectivity index (χ4v) is 5.18. The summed E-state index contributed by atoms with van der Waals surface area (Å²) in [5.74, 6) is 0.384. The number of amidine groups is 1. The van der Waals surface area contributed by atoms with Gasteiger partial charge in [0.05, 0.1) is 29.5 Å². The van der Waals surface area contributed by atoms with E-state index in [0.717, 1.165) is 29.7 Å². The van der Waals surface area contributed by atoms with Gasteiger partial charge in [-0.15, -0.1) is 0 Å². The number of benzene rings is 1. The molecule has 1 fully saturated rings. The highest BCUT2D eigenvalue weighted by Gasteiger charge is 2.51. The van der Waals surface area contributed by atoms with Crippen LogP contribution in [0, 0.1) is 17.4 Å². The SMILES string of the molecule is Cn1ncc(Cl)c1CC1c2ccccc2C(=O)N1CC1CC2(CN=C(NC#N)O2)C1. The Morgan fingerprint density at radius 2 is 2.20 bits per heavy atom. The Morgan fingerprint density at radius 1 is 1.40 bits per heavy atom. The average molecular weight is 425 g/mol. The van der Waals surface area contributed by atoms with E-state index in [-0.39, 0.29) is 17.6 Å². The zero-order chi connectivity index (χ0) is 20.9. The van der Waals surface area contributed by atoms with Crippen molar-refractivity contribution in [3.63, 3.8) is 0 Å². The molecule has 1 unspecified atom stereocenters. The minimum atomic E-state index is -0.333. The Bertz CT molecular complexity index is 1060. The maximum absolute atomic E-state index is 13.2. The molecule has 3 heterocycles. The highest BCUT2D eigenvalue weighted by molar-refractivity contribution is 6.31. The number of amides is 1. The summed E-state index contributed by atoms with van der Waals surface area (Å²) < 4.78 is 7.61. The van der Waals surface area contributed by atoms with Gasteiger partial charge in [0, 0.05) is 25.6 Å². The van der Waals surface area contributed by atoms with Crippen molar-refractivity contribution in [3.8, 4) is 6.19 Å². The molecule has 1 saturated carbocycles. The van der Waals surface area contributed by atoms with E-state index in [1.165, 1.54) is 0 Å². The lowest BCUT2D eigenvalue weighted by molar-refractivity contribution is -0.0489. The van der Waals surface area contributed by atoms with E-state index >= 15 is 0 Å². The standard InChI is InChI=1S/C21H21ClN6O2/c1-27-18(16(22)9-26-27)6-17-14-4-2-3-5-15(14)19(29)28(17)10-13-7-21(8-13)11-24-20(30-21)25-12-23/h2-5,9,13,17H,6-8,10-11H2,1H3,(H,24,25). The minimum Gasteiger partial charge on any atom is -0.456 e. The second-order valence-corrected chi connectivity index (χ2v) is 8.65. The van der Waals surface area contributed by atoms with Gasteiger partial charge in [0.25, 0.3) is 11.9 Å². The molecule has 3 aliphatic rings. The van der Waals surface area contributed by atoms with Crippen molar-refractivity contribution < 1.29 is 9.53 Å². The van der Waals surface area contributed by atoms with Crippen molar-refractivity contribution in [2.24, 2.45) is 18.0 Å². The lowest BCUT2D eigenvalue weighted by Gasteiger charge is -2.45. The number of halogens is 1. The Hall–Kier alpha value is -3.05. The smallest absolute Gasteiger partial charge is 0.298 e. The number of ether oxygens (including phenoxy) is 1. The Balaban J connectivity index is 1.33. The first-order chi connectivity index (χ1) is 14.5. The third-order valence-electron chi connectivity index (χ3n) is 6.35. The third kappa shape index (κ3) is 3.01. The number of aliphatic imine (C=N–C) groups is 1. The van der Waals surface area contributed by atoms with Gasteiger partial charge in [-0.05, 0) is 30.4 Å². The first-order valence-corrected chi connectivity index (χ1v) is 10.3. The van der Waals surface area contributed by atoms with Crippen LogP contribution in [0.15, 0.2) is 35.5 Å². The van der Waals surface area contributed by atoms with Crippen LogP contribution in [0.2, 0.25) is 5.02 Å². The van der Waals surface area contributed by atoms with Gasteiger partial charge < -0.3 is 9.64 Å². The maximum Gasteiger partial charge on any atom is 0.298 e. The van der Waals surface area contributed by atoms with E-state index in [1.54, 1.807) is 10.9 Å². The van der Waals surface area contributed by atoms with E-state index in [2.05, 4.69) is 15.4 Å². The van der Waals surface area contributed by atoms with Gasteiger partial charge in [-0.1, -0.05) is 29.8 Å². The van der Waals surface area contributed by atoms with Crippen molar-refractivity contribution in [1.29, 1.82) is 5.26 Å². The third-order valence-corrected chi connectivity index (χ3v) is 6.66. The number of hydrogen-bond acceptors (Lipinski definition) is 6. The number of carbonyl (C=O) groups is 1. The van der Waals surface area contributed by atoms with E-state index in [1.807, 2.05) is 42.4 Å². The average Bonchev–Trinajstić information content (AvgIpc) is 3.35. The monoisotopic (exact) mass is 424 g/mol. The van der Waals surface area contributed by atoms with Crippen LogP contribution < -0.4 is 5.32 Å². The predicted octanol–water partition coefficient (Wildman–Crippen LogP) is 2.42. The number of fused-ring (bicyclic) bond motifs is 1. The minimum absolute atomic E-state index is 0.0604. The van der Waals surface area contributed by atoms with Crippen LogP contribution in [0.1, 0.15) is 40.5 Å². The van der Waals surface area contributed by atoms with Gasteiger partial charge in [-0.25, -0.2) is 10.3 Å². The van der Waals surface area contributed by atoms with Gasteiger partial charge in [-0.3, -0.25) is 9.48 Å². The molecule has 2 aliphatic heterocycles. The maximum atomic E-state index is 13.2. The van der Waals surface area contributed by atoms with Gasteiger partial charge in [0.1, 0.15) is 5.60 Å². The summed E-state index contributed by atoms with van der Waals surface area (Å²) >= 11 is 6.36. The molecular weight excluding hydrogens is 404 g/mol. The van der Waals surface area contributed by atoms with E-state index in [9.17, 15) is 4.79 Å². The molecule has 8 nitrogen and oxygen atoms in total. The molecular formula is C21H21ClN6O2. The van der Waals surface area contributed by atoms with Gasteiger partial charge in [0.2, 0.25) is 0 Å². The van der Waals surface area contributed by atoms with E-state index in [4.69, 9.17) is 21.6 Å². The first kappa shape index (κ1) is 18.9. The molecule has 30 heavy (non-hydrogen) atoms. The zero-order valence-electron chi connectivity index (χ0n) is 16.5. The summed E-state index contributed by atoms with van der Waals surface area (Å²) in [7, 11) is 1.87. The fourth-order valence-electron chi connectivity index (χ4n) is 4.94. The Morgan fingerprint density at radius 3 is 2.93 bits per heavy atom. The van der Waals surface area contributed by atoms with Crippen molar-refractivity contribution in [2.75, 3.05) is 13.1 Å². The van der Waals surface area contributed by atoms with Crippen LogP contribution in [-0.4, -0.2) is 45.3 Å². The van der Waals surface area contributed by atoms with Crippen molar-refractivity contribution in [3.05, 3.63) is 52.3 Å². The summed E-state index contributed by atoms with van der Waals surface area (Å²) in [5, 5.41) is 16.1. The lowest BCUT2D eigenvalue weighted by atomic mass is 9.70. The van der Waals surface area contributed by atoms with Crippen LogP contribution in [0.25, 0.3) is 0 Å². The molecule has 0 saturated heterocycles. The van der Waals surface area contributed by atoms with Gasteiger partial charge >= 0.3 is 0 Å². The highest BCUT2D eigenvalue weighted by Crippen LogP contribution is 2.46. The Kier molecular flexibility index (Phi) is 4.44. The molecule has 0 radical (unpaired) electrons. The van der Waals surface area contributed by atoms with Crippen LogP contribution in [-0.2, 0) is 18.2 Å². The normalized spacial score (nSPS) is 26.8. The number of rotatable bonds is 4. The van der Waals surface area contributed by atoms with Crippen LogP contribution in [0.5, 0.6) is 0 Å². The summed E-state index contributed by atoms with van der Waals surface area (Å²) in [6.45, 7) is 1.20. The number of aromatic nitrogens is 2. The zero-order valence-corrected chi connectivity index (χ0v) is 17.3. The number of nitriles is 1. The molecule has 5 rings (SSSR count). The molecule has 154 valence electrons. The number of nitrogens with one attached hydrogen (secondary N) is 1.